The van der Waals surface area contributed by atoms with Crippen LogP contribution in [-0.2, 0) is 42.2 Å². The largest absolute Gasteiger partial charge is 0.472 e. The number of aliphatic hydroxyl groups excluding tert-OH is 1. The zero-order chi connectivity index (χ0) is 54.1. The Kier molecular flexibility index (Phi) is 54.2. The highest BCUT2D eigenvalue weighted by Gasteiger charge is 2.28. The van der Waals surface area contributed by atoms with Gasteiger partial charge in [0, 0.05) is 19.3 Å². The second-order valence-electron chi connectivity index (χ2n) is 20.2. The van der Waals surface area contributed by atoms with E-state index in [1.165, 1.54) is 103 Å². The van der Waals surface area contributed by atoms with Crippen LogP contribution in [0.15, 0.2) is 60.8 Å². The maximum absolute atomic E-state index is 12.9. The fourth-order valence-corrected chi connectivity index (χ4v) is 9.03. The van der Waals surface area contributed by atoms with Gasteiger partial charge in [-0.15, -0.1) is 0 Å². The number of allylic oxidation sites excluding steroid dienone is 10. The molecule has 0 aromatic heterocycles. The Morgan fingerprint density at radius 2 is 0.689 bits per heavy atom. The molecule has 0 bridgehead atoms. The van der Waals surface area contributed by atoms with Crippen LogP contribution in [0.1, 0.15) is 278 Å². The Hall–Kier alpha value is -2.82. The van der Waals surface area contributed by atoms with Crippen molar-refractivity contribution in [3.05, 3.63) is 60.8 Å². The summed E-state index contributed by atoms with van der Waals surface area (Å²) in [5.41, 5.74) is 0. The van der Waals surface area contributed by atoms with E-state index in [1.54, 1.807) is 0 Å². The number of carbonyl (C=O) groups excluding carboxylic acids is 3. The van der Waals surface area contributed by atoms with Gasteiger partial charge >= 0.3 is 25.7 Å². The van der Waals surface area contributed by atoms with Crippen molar-refractivity contribution in [3.8, 4) is 0 Å². The van der Waals surface area contributed by atoms with Gasteiger partial charge in [0.15, 0.2) is 6.10 Å². The van der Waals surface area contributed by atoms with Gasteiger partial charge in [-0.2, -0.15) is 0 Å². The number of unbranched alkanes of at least 4 members (excludes halogenated alkanes) is 29. The van der Waals surface area contributed by atoms with Gasteiger partial charge in [0.05, 0.1) is 19.8 Å². The fraction of sp³-hybridized carbons (Fsp3) is 0.790. The number of ether oxygens (including phenoxy) is 3. The highest BCUT2D eigenvalue weighted by Crippen LogP contribution is 2.43. The minimum atomic E-state index is -4.75. The Morgan fingerprint density at radius 3 is 1.09 bits per heavy atom. The van der Waals surface area contributed by atoms with Crippen LogP contribution >= 0.6 is 7.82 Å². The molecule has 0 aliphatic carbocycles. The third kappa shape index (κ3) is 54.0. The van der Waals surface area contributed by atoms with E-state index in [9.17, 15) is 28.9 Å². The molecular weight excluding hydrogens is 952 g/mol. The summed E-state index contributed by atoms with van der Waals surface area (Å²) in [4.78, 5) is 48.6. The lowest BCUT2D eigenvalue weighted by Gasteiger charge is -2.21. The summed E-state index contributed by atoms with van der Waals surface area (Å²) in [6.07, 6.45) is 61.7. The lowest BCUT2D eigenvalue weighted by molar-refractivity contribution is -0.161. The van der Waals surface area contributed by atoms with E-state index in [1.807, 2.05) is 0 Å². The molecule has 430 valence electrons. The molecule has 0 saturated heterocycles. The predicted molar refractivity (Wildman–Crippen MR) is 307 cm³/mol. The molecule has 2 N–H and O–H groups in total. The van der Waals surface area contributed by atoms with Crippen LogP contribution in [0.5, 0.6) is 0 Å². The SMILES string of the molecule is CCC/C=C\C/C=C\CCCCCCCC(=O)OCC(COP(=O)(O)OCC(CO)OC(=O)CCCCCCC/C=C\CCCCCCCC)OC(=O)CCCCCCCCCCC/C=C\C/C=C\CCCCC. The highest BCUT2D eigenvalue weighted by atomic mass is 31.2. The molecule has 0 aromatic carbocycles. The zero-order valence-corrected chi connectivity index (χ0v) is 48.5. The molecule has 11 nitrogen and oxygen atoms in total. The van der Waals surface area contributed by atoms with Crippen LogP contribution in [0.2, 0.25) is 0 Å². The lowest BCUT2D eigenvalue weighted by Crippen LogP contribution is -2.30. The minimum Gasteiger partial charge on any atom is -0.462 e. The molecule has 3 atom stereocenters. The summed E-state index contributed by atoms with van der Waals surface area (Å²) in [6.45, 7) is 4.55. The van der Waals surface area contributed by atoms with E-state index in [0.717, 1.165) is 116 Å². The van der Waals surface area contributed by atoms with Gasteiger partial charge in [-0.1, -0.05) is 216 Å². The van der Waals surface area contributed by atoms with Crippen LogP contribution in [0.4, 0.5) is 0 Å². The third-order valence-corrected chi connectivity index (χ3v) is 13.8. The van der Waals surface area contributed by atoms with Crippen LogP contribution in [0.25, 0.3) is 0 Å². The maximum Gasteiger partial charge on any atom is 0.472 e. The van der Waals surface area contributed by atoms with Crippen molar-refractivity contribution < 1.29 is 52.2 Å². The van der Waals surface area contributed by atoms with E-state index in [4.69, 9.17) is 23.3 Å². The normalized spacial score (nSPS) is 13.7. The van der Waals surface area contributed by atoms with Crippen molar-refractivity contribution in [2.75, 3.05) is 26.4 Å². The van der Waals surface area contributed by atoms with Gasteiger partial charge in [-0.3, -0.25) is 23.4 Å². The monoisotopic (exact) mass is 1060 g/mol. The van der Waals surface area contributed by atoms with E-state index in [-0.39, 0.29) is 25.9 Å². The molecule has 0 amide bonds. The molecule has 0 radical (unpaired) electrons. The Balaban J connectivity index is 4.71. The van der Waals surface area contributed by atoms with Crippen LogP contribution in [0, 0.1) is 0 Å². The maximum atomic E-state index is 12.9. The van der Waals surface area contributed by atoms with Gasteiger partial charge in [0.25, 0.3) is 0 Å². The summed E-state index contributed by atoms with van der Waals surface area (Å²) >= 11 is 0. The summed E-state index contributed by atoms with van der Waals surface area (Å²) in [5.74, 6) is -1.48. The van der Waals surface area contributed by atoms with Gasteiger partial charge < -0.3 is 24.2 Å². The van der Waals surface area contributed by atoms with Crippen LogP contribution in [-0.4, -0.2) is 66.5 Å². The number of rotatable bonds is 56. The average molecular weight is 1060 g/mol. The summed E-state index contributed by atoms with van der Waals surface area (Å²) in [6, 6.07) is 0. The Morgan fingerprint density at radius 1 is 0.378 bits per heavy atom. The Labute approximate surface area is 453 Å². The first-order chi connectivity index (χ1) is 36.2. The number of hydrogen-bond acceptors (Lipinski definition) is 10. The third-order valence-electron chi connectivity index (χ3n) is 12.9. The van der Waals surface area contributed by atoms with Gasteiger partial charge in [0.2, 0.25) is 0 Å². The first-order valence-corrected chi connectivity index (χ1v) is 31.7. The molecule has 3 unspecified atom stereocenters. The van der Waals surface area contributed by atoms with Crippen molar-refractivity contribution >= 4 is 25.7 Å². The number of aliphatic hydroxyl groups is 1. The lowest BCUT2D eigenvalue weighted by atomic mass is 10.1. The second kappa shape index (κ2) is 56.4. The molecule has 0 saturated carbocycles. The number of esters is 3. The molecule has 74 heavy (non-hydrogen) atoms. The van der Waals surface area contributed by atoms with Crippen LogP contribution in [0.3, 0.4) is 0 Å². The van der Waals surface area contributed by atoms with Crippen molar-refractivity contribution in [1.82, 2.24) is 0 Å². The zero-order valence-electron chi connectivity index (χ0n) is 47.6. The molecule has 0 aliphatic heterocycles. The molecule has 0 rings (SSSR count). The topological polar surface area (TPSA) is 155 Å². The first kappa shape index (κ1) is 71.2. The predicted octanol–water partition coefficient (Wildman–Crippen LogP) is 17.9. The van der Waals surface area contributed by atoms with Crippen molar-refractivity contribution in [2.45, 2.75) is 290 Å². The van der Waals surface area contributed by atoms with E-state index < -0.39 is 57.8 Å². The molecular formula is C62H111O11P. The summed E-state index contributed by atoms with van der Waals surface area (Å²) in [5, 5.41) is 9.82. The van der Waals surface area contributed by atoms with E-state index in [0.29, 0.717) is 19.3 Å². The second-order valence-corrected chi connectivity index (χ2v) is 21.6. The molecule has 12 heteroatoms. The Bertz CT molecular complexity index is 1470. The van der Waals surface area contributed by atoms with Crippen molar-refractivity contribution in [1.29, 1.82) is 0 Å². The molecule has 0 aliphatic rings. The number of hydrogen-bond donors (Lipinski definition) is 2. The molecule has 0 heterocycles. The molecule has 0 fully saturated rings. The van der Waals surface area contributed by atoms with Gasteiger partial charge in [-0.25, -0.2) is 4.57 Å². The van der Waals surface area contributed by atoms with Crippen molar-refractivity contribution in [2.24, 2.45) is 0 Å². The smallest absolute Gasteiger partial charge is 0.462 e. The van der Waals surface area contributed by atoms with Crippen molar-refractivity contribution in [3.63, 3.8) is 0 Å². The fourth-order valence-electron chi connectivity index (χ4n) is 8.24. The summed E-state index contributed by atoms with van der Waals surface area (Å²) in [7, 11) is -4.75. The van der Waals surface area contributed by atoms with E-state index in [2.05, 4.69) is 81.5 Å². The quantitative estimate of drug-likeness (QED) is 0.0197. The standard InChI is InChI=1S/C62H111O11P/c1-4-7-10-13-16-19-22-25-27-28-29-30-32-35-38-41-44-47-50-53-62(66)73-59(55-69-60(64)51-48-45-42-39-36-33-24-21-18-15-12-9-6-3)57-71-74(67,68)70-56-58(54-63)72-61(65)52-49-46-43-40-37-34-31-26-23-20-17-14-11-8-5-2/h12,15-16,19,21,24-27,31,58-59,63H,4-11,13-14,17-18,20,22-23,28-30,32-57H2,1-3H3,(H,67,68)/b15-12-,19-16-,24-21-,27-25-,31-26-. The summed E-state index contributed by atoms with van der Waals surface area (Å²) < 4.78 is 39.6. The minimum absolute atomic E-state index is 0.159. The number of phosphoric acid groups is 1. The van der Waals surface area contributed by atoms with E-state index >= 15 is 0 Å². The van der Waals surface area contributed by atoms with Crippen LogP contribution < -0.4 is 0 Å². The van der Waals surface area contributed by atoms with Gasteiger partial charge in [0.1, 0.15) is 12.7 Å². The molecule has 0 spiro atoms. The average Bonchev–Trinajstić information content (AvgIpc) is 3.39. The first-order valence-electron chi connectivity index (χ1n) is 30.2. The highest BCUT2D eigenvalue weighted by molar-refractivity contribution is 7.47. The number of phosphoric ester groups is 1. The number of carbonyl (C=O) groups is 3. The van der Waals surface area contributed by atoms with Gasteiger partial charge in [-0.05, 0) is 103 Å². The molecule has 0 aromatic rings.